The van der Waals surface area contributed by atoms with Gasteiger partial charge in [0.25, 0.3) is 0 Å². The standard InChI is InChI=1S/C8H9NO5/c10-5-1-4(2-9-3-5)6(11)7(12)8(13)14/h1-3,6-7,10-12H,(H,13,14). The Labute approximate surface area is 79.1 Å². The molecule has 4 N–H and O–H groups in total. The lowest BCUT2D eigenvalue weighted by Crippen LogP contribution is -2.27. The molecule has 0 aliphatic rings. The van der Waals surface area contributed by atoms with E-state index < -0.39 is 18.2 Å². The molecule has 1 aromatic rings. The second-order valence-electron chi connectivity index (χ2n) is 2.70. The van der Waals surface area contributed by atoms with Crippen LogP contribution >= 0.6 is 0 Å². The molecule has 6 heteroatoms. The summed E-state index contributed by atoms with van der Waals surface area (Å²) in [7, 11) is 0. The van der Waals surface area contributed by atoms with Gasteiger partial charge < -0.3 is 20.4 Å². The molecule has 0 bridgehead atoms. The highest BCUT2D eigenvalue weighted by Crippen LogP contribution is 2.19. The van der Waals surface area contributed by atoms with Crippen LogP contribution in [0.3, 0.4) is 0 Å². The molecule has 0 spiro atoms. The predicted molar refractivity (Wildman–Crippen MR) is 44.5 cm³/mol. The van der Waals surface area contributed by atoms with E-state index in [4.69, 9.17) is 15.3 Å². The van der Waals surface area contributed by atoms with Crippen LogP contribution in [0, 0.1) is 0 Å². The summed E-state index contributed by atoms with van der Waals surface area (Å²) in [5, 5.41) is 35.7. The molecule has 14 heavy (non-hydrogen) atoms. The van der Waals surface area contributed by atoms with Gasteiger partial charge in [0.15, 0.2) is 6.10 Å². The quantitative estimate of drug-likeness (QED) is 0.510. The van der Waals surface area contributed by atoms with Crippen molar-refractivity contribution in [2.75, 3.05) is 0 Å². The monoisotopic (exact) mass is 199 g/mol. The molecule has 0 aliphatic heterocycles. The highest BCUT2D eigenvalue weighted by molar-refractivity contribution is 5.73. The number of carbonyl (C=O) groups is 1. The Morgan fingerprint density at radius 2 is 2.00 bits per heavy atom. The van der Waals surface area contributed by atoms with Crippen LogP contribution in [-0.2, 0) is 4.79 Å². The average molecular weight is 199 g/mol. The lowest BCUT2D eigenvalue weighted by Gasteiger charge is -2.13. The fourth-order valence-corrected chi connectivity index (χ4v) is 0.924. The SMILES string of the molecule is O=C(O)C(O)C(O)c1cncc(O)c1. The first-order valence-corrected chi connectivity index (χ1v) is 3.75. The molecule has 6 nitrogen and oxygen atoms in total. The number of aliphatic hydroxyl groups excluding tert-OH is 2. The third-order valence-electron chi connectivity index (χ3n) is 1.64. The highest BCUT2D eigenvalue weighted by atomic mass is 16.4. The summed E-state index contributed by atoms with van der Waals surface area (Å²) >= 11 is 0. The van der Waals surface area contributed by atoms with E-state index in [1.54, 1.807) is 0 Å². The van der Waals surface area contributed by atoms with Gasteiger partial charge in [-0.05, 0) is 6.07 Å². The fraction of sp³-hybridized carbons (Fsp3) is 0.250. The normalized spacial score (nSPS) is 14.7. The first-order valence-electron chi connectivity index (χ1n) is 3.75. The van der Waals surface area contributed by atoms with Crippen molar-refractivity contribution in [3.05, 3.63) is 24.0 Å². The highest BCUT2D eigenvalue weighted by Gasteiger charge is 2.25. The van der Waals surface area contributed by atoms with Crippen molar-refractivity contribution in [2.45, 2.75) is 12.2 Å². The van der Waals surface area contributed by atoms with Crippen LogP contribution in [-0.4, -0.2) is 37.5 Å². The number of hydrogen-bond donors (Lipinski definition) is 4. The summed E-state index contributed by atoms with van der Waals surface area (Å²) in [6, 6.07) is 1.13. The van der Waals surface area contributed by atoms with Gasteiger partial charge in [0.05, 0.1) is 6.20 Å². The zero-order valence-electron chi connectivity index (χ0n) is 7.03. The predicted octanol–water partition coefficient (Wildman–Crippen LogP) is -0.734. The molecule has 0 radical (unpaired) electrons. The van der Waals surface area contributed by atoms with E-state index in [1.165, 1.54) is 0 Å². The first kappa shape index (κ1) is 10.4. The molecule has 0 amide bonds. The maximum atomic E-state index is 10.3. The lowest BCUT2D eigenvalue weighted by atomic mass is 10.1. The van der Waals surface area contributed by atoms with Crippen molar-refractivity contribution in [1.82, 2.24) is 4.98 Å². The van der Waals surface area contributed by atoms with Gasteiger partial charge in [-0.15, -0.1) is 0 Å². The Balaban J connectivity index is 2.89. The number of hydrogen-bond acceptors (Lipinski definition) is 5. The topological polar surface area (TPSA) is 111 Å². The molecule has 0 saturated carbocycles. The van der Waals surface area contributed by atoms with E-state index in [0.717, 1.165) is 18.5 Å². The number of carboxylic acid groups (broad SMARTS) is 1. The van der Waals surface area contributed by atoms with Gasteiger partial charge in [-0.25, -0.2) is 4.79 Å². The third-order valence-corrected chi connectivity index (χ3v) is 1.64. The molecule has 76 valence electrons. The molecule has 0 aromatic carbocycles. The number of pyridine rings is 1. The van der Waals surface area contributed by atoms with Crippen molar-refractivity contribution >= 4 is 5.97 Å². The number of rotatable bonds is 3. The molecule has 0 aliphatic carbocycles. The fourth-order valence-electron chi connectivity index (χ4n) is 0.924. The molecule has 2 unspecified atom stereocenters. The Hall–Kier alpha value is -1.66. The number of aromatic hydroxyl groups is 1. The van der Waals surface area contributed by atoms with Crippen LogP contribution in [0.5, 0.6) is 5.75 Å². The minimum absolute atomic E-state index is 0.0416. The Morgan fingerprint density at radius 3 is 2.50 bits per heavy atom. The average Bonchev–Trinajstić information content (AvgIpc) is 2.15. The Kier molecular flexibility index (Phi) is 3.00. The smallest absolute Gasteiger partial charge is 0.335 e. The molecule has 0 saturated heterocycles. The number of carboxylic acids is 1. The van der Waals surface area contributed by atoms with E-state index in [9.17, 15) is 9.90 Å². The summed E-state index contributed by atoms with van der Waals surface area (Å²) in [5.74, 6) is -1.75. The van der Waals surface area contributed by atoms with Gasteiger partial charge in [-0.2, -0.15) is 0 Å². The summed E-state index contributed by atoms with van der Waals surface area (Å²) < 4.78 is 0. The largest absolute Gasteiger partial charge is 0.506 e. The van der Waals surface area contributed by atoms with Crippen molar-refractivity contribution in [1.29, 1.82) is 0 Å². The molecule has 2 atom stereocenters. The van der Waals surface area contributed by atoms with Crippen LogP contribution in [0.25, 0.3) is 0 Å². The second-order valence-corrected chi connectivity index (χ2v) is 2.70. The Bertz CT molecular complexity index is 340. The maximum absolute atomic E-state index is 10.3. The van der Waals surface area contributed by atoms with Gasteiger partial charge in [-0.1, -0.05) is 0 Å². The van der Waals surface area contributed by atoms with E-state index in [0.29, 0.717) is 0 Å². The van der Waals surface area contributed by atoms with Gasteiger partial charge in [0.2, 0.25) is 0 Å². The minimum atomic E-state index is -1.93. The third kappa shape index (κ3) is 2.18. The Morgan fingerprint density at radius 1 is 1.36 bits per heavy atom. The molecule has 1 rings (SSSR count). The number of aliphatic hydroxyl groups is 2. The van der Waals surface area contributed by atoms with Gasteiger partial charge in [0, 0.05) is 11.8 Å². The van der Waals surface area contributed by atoms with Crippen LogP contribution in [0.15, 0.2) is 18.5 Å². The minimum Gasteiger partial charge on any atom is -0.506 e. The van der Waals surface area contributed by atoms with Crippen molar-refractivity contribution < 1.29 is 25.2 Å². The van der Waals surface area contributed by atoms with E-state index >= 15 is 0 Å². The van der Waals surface area contributed by atoms with Gasteiger partial charge in [-0.3, -0.25) is 4.98 Å². The van der Waals surface area contributed by atoms with Crippen molar-refractivity contribution in [2.24, 2.45) is 0 Å². The van der Waals surface area contributed by atoms with Crippen LogP contribution in [0.1, 0.15) is 11.7 Å². The molecule has 0 fully saturated rings. The summed E-state index contributed by atoms with van der Waals surface area (Å²) in [6.45, 7) is 0. The second kappa shape index (κ2) is 4.03. The van der Waals surface area contributed by atoms with Crippen LogP contribution in [0.4, 0.5) is 0 Å². The molecular weight excluding hydrogens is 190 g/mol. The van der Waals surface area contributed by atoms with Crippen molar-refractivity contribution in [3.8, 4) is 5.75 Å². The summed E-state index contributed by atoms with van der Waals surface area (Å²) in [6.07, 6.45) is -1.24. The lowest BCUT2D eigenvalue weighted by molar-refractivity contribution is -0.153. The molecule has 1 heterocycles. The zero-order valence-corrected chi connectivity index (χ0v) is 7.03. The molecule has 1 aromatic heterocycles. The number of aromatic nitrogens is 1. The number of nitrogens with zero attached hydrogens (tertiary/aromatic N) is 1. The van der Waals surface area contributed by atoms with E-state index in [2.05, 4.69) is 4.98 Å². The van der Waals surface area contributed by atoms with Crippen LogP contribution < -0.4 is 0 Å². The maximum Gasteiger partial charge on any atom is 0.335 e. The summed E-state index contributed by atoms with van der Waals surface area (Å²) in [4.78, 5) is 13.8. The molecular formula is C8H9NO5. The first-order chi connectivity index (χ1) is 6.52. The van der Waals surface area contributed by atoms with Gasteiger partial charge >= 0.3 is 5.97 Å². The van der Waals surface area contributed by atoms with E-state index in [-0.39, 0.29) is 11.3 Å². The van der Waals surface area contributed by atoms with Crippen LogP contribution in [0.2, 0.25) is 0 Å². The van der Waals surface area contributed by atoms with Gasteiger partial charge in [0.1, 0.15) is 11.9 Å². The van der Waals surface area contributed by atoms with E-state index in [1.807, 2.05) is 0 Å². The number of aliphatic carboxylic acids is 1. The zero-order chi connectivity index (χ0) is 10.7. The summed E-state index contributed by atoms with van der Waals surface area (Å²) in [5.41, 5.74) is 0.0416. The van der Waals surface area contributed by atoms with Crippen molar-refractivity contribution in [3.63, 3.8) is 0 Å².